The largest absolute Gasteiger partial charge is 0.673 e. The number of benzene rings is 1. The van der Waals surface area contributed by atoms with Gasteiger partial charge in [-0.25, -0.2) is 9.13 Å². The molecule has 1 heterocycles. The molecular formula is C23H37BF4N2. The van der Waals surface area contributed by atoms with E-state index < -0.39 is 7.25 Å². The van der Waals surface area contributed by atoms with Crippen molar-refractivity contribution in [3.8, 4) is 5.69 Å². The Morgan fingerprint density at radius 3 is 1.77 bits per heavy atom. The number of hydrogen-bond donors (Lipinski definition) is 0. The number of aromatic nitrogens is 2. The van der Waals surface area contributed by atoms with Crippen molar-refractivity contribution in [1.29, 1.82) is 0 Å². The van der Waals surface area contributed by atoms with Gasteiger partial charge >= 0.3 is 7.25 Å². The van der Waals surface area contributed by atoms with Crippen molar-refractivity contribution in [2.24, 2.45) is 0 Å². The lowest BCUT2D eigenvalue weighted by Gasteiger charge is -2.07. The third-order valence-electron chi connectivity index (χ3n) is 5.10. The minimum Gasteiger partial charge on any atom is -0.418 e. The van der Waals surface area contributed by atoms with Crippen LogP contribution in [0, 0.1) is 20.8 Å². The number of imidazole rings is 1. The third-order valence-corrected chi connectivity index (χ3v) is 5.10. The van der Waals surface area contributed by atoms with E-state index in [2.05, 4.69) is 67.7 Å². The molecule has 0 aliphatic carbocycles. The second kappa shape index (κ2) is 13.5. The van der Waals surface area contributed by atoms with Crippen LogP contribution in [0.2, 0.25) is 0 Å². The Hall–Kier alpha value is -1.79. The summed E-state index contributed by atoms with van der Waals surface area (Å²) in [6, 6.07) is 4.54. The quantitative estimate of drug-likeness (QED) is 0.151. The molecule has 0 N–H and O–H groups in total. The minimum atomic E-state index is -6.00. The van der Waals surface area contributed by atoms with Gasteiger partial charge in [-0.1, -0.05) is 69.6 Å². The molecule has 2 nitrogen and oxygen atoms in total. The molecule has 30 heavy (non-hydrogen) atoms. The van der Waals surface area contributed by atoms with E-state index >= 15 is 0 Å². The van der Waals surface area contributed by atoms with Crippen molar-refractivity contribution >= 4 is 7.25 Å². The van der Waals surface area contributed by atoms with Gasteiger partial charge in [0.05, 0.1) is 6.54 Å². The maximum absolute atomic E-state index is 9.75. The molecule has 0 aliphatic heterocycles. The van der Waals surface area contributed by atoms with Crippen molar-refractivity contribution < 1.29 is 21.8 Å². The average Bonchev–Trinajstić information content (AvgIpc) is 3.06. The molecule has 0 aliphatic rings. The topological polar surface area (TPSA) is 8.81 Å². The molecule has 7 heteroatoms. The second-order valence-corrected chi connectivity index (χ2v) is 8.13. The molecule has 2 rings (SSSR count). The third kappa shape index (κ3) is 11.4. The summed E-state index contributed by atoms with van der Waals surface area (Å²) in [5.41, 5.74) is 5.37. The van der Waals surface area contributed by atoms with Crippen LogP contribution < -0.4 is 4.57 Å². The van der Waals surface area contributed by atoms with Crippen LogP contribution in [0.1, 0.15) is 81.4 Å². The summed E-state index contributed by atoms with van der Waals surface area (Å²) in [7, 11) is -6.00. The number of nitrogens with zero attached hydrogens (tertiary/aromatic N) is 2. The maximum atomic E-state index is 9.75. The van der Waals surface area contributed by atoms with Crippen LogP contribution in [-0.2, 0) is 6.54 Å². The van der Waals surface area contributed by atoms with Gasteiger partial charge in [-0.3, -0.25) is 0 Å². The maximum Gasteiger partial charge on any atom is 0.673 e. The van der Waals surface area contributed by atoms with Crippen LogP contribution >= 0.6 is 0 Å². The summed E-state index contributed by atoms with van der Waals surface area (Å²) < 4.78 is 43.6. The Balaban J connectivity index is 0.000000804. The standard InChI is InChI=1S/C23H37N2.BF4/c1-5-6-7-8-9-10-11-12-13-14-24-15-16-25(19-24)23-21(3)17-20(2)18-22(23)4;2-1(3,4)5/h15-19H,5-14H2,1-4H3;/q+1;-1. The Kier molecular flexibility index (Phi) is 11.8. The van der Waals surface area contributed by atoms with E-state index in [0.717, 1.165) is 6.54 Å². The summed E-state index contributed by atoms with van der Waals surface area (Å²) in [6.45, 7) is 10.0. The predicted octanol–water partition coefficient (Wildman–Crippen LogP) is 7.52. The van der Waals surface area contributed by atoms with Crippen molar-refractivity contribution in [3.05, 3.63) is 47.5 Å². The highest BCUT2D eigenvalue weighted by Crippen LogP contribution is 2.20. The first-order valence-electron chi connectivity index (χ1n) is 11.1. The second-order valence-electron chi connectivity index (χ2n) is 8.13. The van der Waals surface area contributed by atoms with Gasteiger partial charge in [0.2, 0.25) is 6.33 Å². The molecule has 0 radical (unpaired) electrons. The molecule has 170 valence electrons. The van der Waals surface area contributed by atoms with Gasteiger partial charge in [-0.15, -0.1) is 0 Å². The van der Waals surface area contributed by atoms with Gasteiger partial charge in [0.1, 0.15) is 18.1 Å². The van der Waals surface area contributed by atoms with E-state index in [0.29, 0.717) is 0 Å². The molecule has 0 saturated carbocycles. The van der Waals surface area contributed by atoms with E-state index in [1.54, 1.807) is 0 Å². The summed E-state index contributed by atoms with van der Waals surface area (Å²) in [4.78, 5) is 0. The van der Waals surface area contributed by atoms with Crippen molar-refractivity contribution in [2.45, 2.75) is 92.0 Å². The van der Waals surface area contributed by atoms with Crippen molar-refractivity contribution in [3.63, 3.8) is 0 Å². The van der Waals surface area contributed by atoms with Crippen LogP contribution in [0.25, 0.3) is 5.69 Å². The van der Waals surface area contributed by atoms with E-state index in [9.17, 15) is 17.3 Å². The van der Waals surface area contributed by atoms with Gasteiger partial charge in [0.15, 0.2) is 0 Å². The molecule has 0 bridgehead atoms. The van der Waals surface area contributed by atoms with Gasteiger partial charge < -0.3 is 17.3 Å². The molecule has 0 saturated heterocycles. The molecule has 0 amide bonds. The predicted molar refractivity (Wildman–Crippen MR) is 118 cm³/mol. The van der Waals surface area contributed by atoms with Gasteiger partial charge in [0, 0.05) is 0 Å². The smallest absolute Gasteiger partial charge is 0.418 e. The first-order chi connectivity index (χ1) is 14.1. The number of rotatable bonds is 11. The van der Waals surface area contributed by atoms with E-state index in [1.165, 1.54) is 80.2 Å². The first-order valence-corrected chi connectivity index (χ1v) is 11.1. The zero-order valence-electron chi connectivity index (χ0n) is 18.9. The van der Waals surface area contributed by atoms with Crippen LogP contribution in [0.4, 0.5) is 17.3 Å². The Morgan fingerprint density at radius 1 is 0.800 bits per heavy atom. The van der Waals surface area contributed by atoms with Crippen LogP contribution in [0.15, 0.2) is 30.9 Å². The molecule has 1 aromatic carbocycles. The lowest BCUT2D eigenvalue weighted by Crippen LogP contribution is -2.30. The molecule has 0 spiro atoms. The highest BCUT2D eigenvalue weighted by atomic mass is 19.5. The number of hydrogen-bond acceptors (Lipinski definition) is 0. The summed E-state index contributed by atoms with van der Waals surface area (Å²) in [6.07, 6.45) is 19.1. The van der Waals surface area contributed by atoms with Gasteiger partial charge in [-0.05, 0) is 44.7 Å². The molecule has 0 unspecified atom stereocenters. The van der Waals surface area contributed by atoms with Crippen LogP contribution in [-0.4, -0.2) is 11.8 Å². The lowest BCUT2D eigenvalue weighted by molar-refractivity contribution is -0.696. The first kappa shape index (κ1) is 26.3. The van der Waals surface area contributed by atoms with Gasteiger partial charge in [-0.2, -0.15) is 0 Å². The average molecular weight is 428 g/mol. The van der Waals surface area contributed by atoms with E-state index in [1.807, 2.05) is 0 Å². The Bertz CT molecular complexity index is 712. The van der Waals surface area contributed by atoms with Crippen LogP contribution in [0.3, 0.4) is 0 Å². The molecule has 2 aromatic rings. The fourth-order valence-electron chi connectivity index (χ4n) is 3.84. The molecular weight excluding hydrogens is 391 g/mol. The Morgan fingerprint density at radius 2 is 1.27 bits per heavy atom. The Labute approximate surface area is 179 Å². The lowest BCUT2D eigenvalue weighted by atomic mass is 10.1. The zero-order chi connectivity index (χ0) is 22.6. The molecule has 0 atom stereocenters. The fraction of sp³-hybridized carbons (Fsp3) is 0.609. The zero-order valence-corrected chi connectivity index (χ0v) is 18.9. The van der Waals surface area contributed by atoms with Crippen LogP contribution in [0.5, 0.6) is 0 Å². The van der Waals surface area contributed by atoms with Crippen molar-refractivity contribution in [1.82, 2.24) is 4.57 Å². The fourth-order valence-corrected chi connectivity index (χ4v) is 3.84. The normalized spacial score (nSPS) is 11.3. The van der Waals surface area contributed by atoms with Crippen molar-refractivity contribution in [2.75, 3.05) is 0 Å². The summed E-state index contributed by atoms with van der Waals surface area (Å²) in [5, 5.41) is 0. The monoisotopic (exact) mass is 428 g/mol. The van der Waals surface area contributed by atoms with E-state index in [-0.39, 0.29) is 0 Å². The highest BCUT2D eigenvalue weighted by Gasteiger charge is 2.20. The molecule has 1 aromatic heterocycles. The number of halogens is 4. The summed E-state index contributed by atoms with van der Waals surface area (Å²) >= 11 is 0. The highest BCUT2D eigenvalue weighted by molar-refractivity contribution is 6.50. The minimum absolute atomic E-state index is 1.13. The SMILES string of the molecule is CCCCCCCCCCC[n+]1ccn(-c2c(C)cc(C)cc2C)c1.F[B-](F)(F)F. The molecule has 0 fully saturated rings. The van der Waals surface area contributed by atoms with E-state index in [4.69, 9.17) is 0 Å². The number of aryl methyl sites for hydroxylation is 4. The van der Waals surface area contributed by atoms with Gasteiger partial charge in [0.25, 0.3) is 0 Å². The summed E-state index contributed by atoms with van der Waals surface area (Å²) in [5.74, 6) is 0. The number of unbranched alkanes of at least 4 members (excludes halogenated alkanes) is 8.